The minimum absolute atomic E-state index is 0.222. The van der Waals surface area contributed by atoms with Gasteiger partial charge in [-0.05, 0) is 53.8 Å². The Morgan fingerprint density at radius 1 is 1.29 bits per heavy atom. The molecule has 2 heterocycles. The maximum absolute atomic E-state index is 12.2. The van der Waals surface area contributed by atoms with Crippen molar-refractivity contribution in [1.29, 1.82) is 0 Å². The van der Waals surface area contributed by atoms with E-state index in [-0.39, 0.29) is 11.7 Å². The van der Waals surface area contributed by atoms with Gasteiger partial charge in [-0.2, -0.15) is 0 Å². The van der Waals surface area contributed by atoms with E-state index in [9.17, 15) is 4.79 Å². The monoisotopic (exact) mass is 339 g/mol. The van der Waals surface area contributed by atoms with Crippen molar-refractivity contribution in [2.24, 2.45) is 0 Å². The van der Waals surface area contributed by atoms with E-state index in [1.54, 1.807) is 29.7 Å². The van der Waals surface area contributed by atoms with E-state index in [0.717, 1.165) is 16.4 Å². The first-order valence-electron chi connectivity index (χ1n) is 7.42. The molecule has 0 unspecified atom stereocenters. The van der Waals surface area contributed by atoms with Crippen LogP contribution in [0.15, 0.2) is 54.0 Å². The standard InChI is InChI=1S/C18H17N3O2S/c1-12-8-16(24-11-12)23-14-5-2-4-13(9-14)10-21-18(22)15-6-3-7-20-17(15)19/h2-9,11H,10H2,1H3,(H2,19,20)(H,21,22). The second-order valence-electron chi connectivity index (χ2n) is 5.31. The van der Waals surface area contributed by atoms with Crippen LogP contribution in [-0.4, -0.2) is 10.9 Å². The van der Waals surface area contributed by atoms with Crippen LogP contribution in [0.4, 0.5) is 5.82 Å². The summed E-state index contributed by atoms with van der Waals surface area (Å²) in [5.74, 6) is 0.713. The lowest BCUT2D eigenvalue weighted by Gasteiger charge is -2.08. The van der Waals surface area contributed by atoms with Crippen molar-refractivity contribution in [2.45, 2.75) is 13.5 Å². The average Bonchev–Trinajstić information content (AvgIpc) is 2.98. The number of aromatic nitrogens is 1. The summed E-state index contributed by atoms with van der Waals surface area (Å²) in [7, 11) is 0. The van der Waals surface area contributed by atoms with Gasteiger partial charge in [0.2, 0.25) is 0 Å². The van der Waals surface area contributed by atoms with Crippen molar-refractivity contribution in [3.05, 3.63) is 70.7 Å². The van der Waals surface area contributed by atoms with E-state index in [0.29, 0.717) is 12.1 Å². The molecule has 0 atom stereocenters. The number of nitrogens with zero attached hydrogens (tertiary/aromatic N) is 1. The lowest BCUT2D eigenvalue weighted by molar-refractivity contribution is 0.0951. The fourth-order valence-electron chi connectivity index (χ4n) is 2.18. The quantitative estimate of drug-likeness (QED) is 0.742. The number of aryl methyl sites for hydroxylation is 1. The molecule has 0 saturated carbocycles. The maximum Gasteiger partial charge on any atom is 0.255 e. The highest BCUT2D eigenvalue weighted by Crippen LogP contribution is 2.28. The highest BCUT2D eigenvalue weighted by Gasteiger charge is 2.09. The Kier molecular flexibility index (Phi) is 4.77. The van der Waals surface area contributed by atoms with Gasteiger partial charge in [0.05, 0.1) is 5.56 Å². The van der Waals surface area contributed by atoms with Gasteiger partial charge in [-0.15, -0.1) is 11.3 Å². The molecular weight excluding hydrogens is 322 g/mol. The number of hydrogen-bond acceptors (Lipinski definition) is 5. The van der Waals surface area contributed by atoms with Gasteiger partial charge in [-0.25, -0.2) is 4.98 Å². The van der Waals surface area contributed by atoms with Gasteiger partial charge in [-0.3, -0.25) is 4.79 Å². The van der Waals surface area contributed by atoms with Gasteiger partial charge in [0, 0.05) is 12.7 Å². The molecule has 3 rings (SSSR count). The van der Waals surface area contributed by atoms with Crippen LogP contribution in [-0.2, 0) is 6.54 Å². The molecule has 0 aliphatic carbocycles. The van der Waals surface area contributed by atoms with Crippen LogP contribution in [0.3, 0.4) is 0 Å². The molecule has 6 heteroatoms. The average molecular weight is 339 g/mol. The van der Waals surface area contributed by atoms with Gasteiger partial charge < -0.3 is 15.8 Å². The summed E-state index contributed by atoms with van der Waals surface area (Å²) >= 11 is 1.55. The van der Waals surface area contributed by atoms with Crippen LogP contribution in [0.1, 0.15) is 21.5 Å². The van der Waals surface area contributed by atoms with Crippen molar-refractivity contribution in [3.8, 4) is 10.8 Å². The molecule has 0 spiro atoms. The molecule has 2 aromatic heterocycles. The van der Waals surface area contributed by atoms with E-state index in [2.05, 4.69) is 10.3 Å². The molecule has 5 nitrogen and oxygen atoms in total. The molecule has 24 heavy (non-hydrogen) atoms. The number of ether oxygens (including phenoxy) is 1. The molecule has 0 aliphatic rings. The fourth-order valence-corrected chi connectivity index (χ4v) is 2.95. The topological polar surface area (TPSA) is 77.2 Å². The normalized spacial score (nSPS) is 10.4. The lowest BCUT2D eigenvalue weighted by Crippen LogP contribution is -2.24. The Morgan fingerprint density at radius 3 is 2.92 bits per heavy atom. The molecule has 1 amide bonds. The second-order valence-corrected chi connectivity index (χ2v) is 6.19. The van der Waals surface area contributed by atoms with E-state index in [1.807, 2.05) is 42.6 Å². The molecule has 0 fully saturated rings. The van der Waals surface area contributed by atoms with Crippen LogP contribution >= 0.6 is 11.3 Å². The first-order chi connectivity index (χ1) is 11.6. The van der Waals surface area contributed by atoms with Crippen molar-refractivity contribution in [2.75, 3.05) is 5.73 Å². The van der Waals surface area contributed by atoms with Gasteiger partial charge >= 0.3 is 0 Å². The van der Waals surface area contributed by atoms with E-state index < -0.39 is 0 Å². The number of pyridine rings is 1. The third-order valence-corrected chi connectivity index (χ3v) is 4.28. The van der Waals surface area contributed by atoms with Crippen LogP contribution in [0.25, 0.3) is 0 Å². The number of carbonyl (C=O) groups excluding carboxylic acids is 1. The largest absolute Gasteiger partial charge is 0.447 e. The number of rotatable bonds is 5. The van der Waals surface area contributed by atoms with Crippen molar-refractivity contribution >= 4 is 23.1 Å². The zero-order valence-electron chi connectivity index (χ0n) is 13.2. The highest BCUT2D eigenvalue weighted by molar-refractivity contribution is 7.12. The lowest BCUT2D eigenvalue weighted by atomic mass is 10.2. The van der Waals surface area contributed by atoms with E-state index in [1.165, 1.54) is 5.56 Å². The summed E-state index contributed by atoms with van der Waals surface area (Å²) in [5, 5.41) is 5.72. The SMILES string of the molecule is Cc1csc(Oc2cccc(CNC(=O)c3cccnc3N)c2)c1. The number of nitrogens with two attached hydrogens (primary N) is 1. The van der Waals surface area contributed by atoms with Gasteiger partial charge in [0.15, 0.2) is 5.06 Å². The van der Waals surface area contributed by atoms with Crippen molar-refractivity contribution in [3.63, 3.8) is 0 Å². The summed E-state index contributed by atoms with van der Waals surface area (Å²) in [6.07, 6.45) is 1.55. The number of thiophene rings is 1. The van der Waals surface area contributed by atoms with Gasteiger partial charge in [0.1, 0.15) is 11.6 Å². The Morgan fingerprint density at radius 2 is 2.17 bits per heavy atom. The smallest absolute Gasteiger partial charge is 0.255 e. The summed E-state index contributed by atoms with van der Waals surface area (Å²) in [5.41, 5.74) is 8.20. The maximum atomic E-state index is 12.2. The molecule has 0 bridgehead atoms. The minimum atomic E-state index is -0.249. The zero-order valence-corrected chi connectivity index (χ0v) is 14.0. The highest BCUT2D eigenvalue weighted by atomic mass is 32.1. The molecule has 1 aromatic carbocycles. The molecule has 3 N–H and O–H groups in total. The third kappa shape index (κ3) is 3.91. The molecule has 0 radical (unpaired) electrons. The molecule has 122 valence electrons. The van der Waals surface area contributed by atoms with Crippen LogP contribution in [0.5, 0.6) is 10.8 Å². The van der Waals surface area contributed by atoms with Crippen LogP contribution < -0.4 is 15.8 Å². The van der Waals surface area contributed by atoms with Crippen molar-refractivity contribution in [1.82, 2.24) is 10.3 Å². The second kappa shape index (κ2) is 7.14. The fraction of sp³-hybridized carbons (Fsp3) is 0.111. The molecule has 3 aromatic rings. The predicted molar refractivity (Wildman–Crippen MR) is 95.4 cm³/mol. The number of hydrogen-bond donors (Lipinski definition) is 2. The summed E-state index contributed by atoms with van der Waals surface area (Å²) in [6, 6.07) is 12.9. The number of carbonyl (C=O) groups is 1. The Labute approximate surface area is 144 Å². The first kappa shape index (κ1) is 16.0. The van der Waals surface area contributed by atoms with Gasteiger partial charge in [-0.1, -0.05) is 12.1 Å². The minimum Gasteiger partial charge on any atom is -0.447 e. The van der Waals surface area contributed by atoms with Crippen molar-refractivity contribution < 1.29 is 9.53 Å². The molecule has 0 saturated heterocycles. The number of nitrogens with one attached hydrogen (secondary N) is 1. The third-order valence-electron chi connectivity index (χ3n) is 3.36. The van der Waals surface area contributed by atoms with E-state index in [4.69, 9.17) is 10.5 Å². The Balaban J connectivity index is 1.64. The molecular formula is C18H17N3O2S. The number of anilines is 1. The summed E-state index contributed by atoms with van der Waals surface area (Å²) in [6.45, 7) is 2.41. The Hall–Kier alpha value is -2.86. The number of benzene rings is 1. The first-order valence-corrected chi connectivity index (χ1v) is 8.30. The number of amides is 1. The summed E-state index contributed by atoms with van der Waals surface area (Å²) < 4.78 is 5.83. The summed E-state index contributed by atoms with van der Waals surface area (Å²) in [4.78, 5) is 16.1. The van der Waals surface area contributed by atoms with Crippen LogP contribution in [0.2, 0.25) is 0 Å². The van der Waals surface area contributed by atoms with E-state index >= 15 is 0 Å². The number of nitrogen functional groups attached to an aromatic ring is 1. The molecule has 0 aliphatic heterocycles. The van der Waals surface area contributed by atoms with Gasteiger partial charge in [0.25, 0.3) is 5.91 Å². The zero-order chi connectivity index (χ0) is 16.9. The van der Waals surface area contributed by atoms with Crippen LogP contribution in [0, 0.1) is 6.92 Å². The predicted octanol–water partition coefficient (Wildman–Crippen LogP) is 3.76. The Bertz CT molecular complexity index is 861.